The van der Waals surface area contributed by atoms with Crippen LogP contribution in [0.15, 0.2) is 4.34 Å². The van der Waals surface area contributed by atoms with Crippen LogP contribution in [0.5, 0.6) is 0 Å². The SMILES string of the molecule is CC(C)NC(C)(C#N)CSc1nnc(N(C)C)s1. The molecule has 0 saturated heterocycles. The summed E-state index contributed by atoms with van der Waals surface area (Å²) in [6.07, 6.45) is 0. The summed E-state index contributed by atoms with van der Waals surface area (Å²) in [6, 6.07) is 2.60. The molecule has 0 amide bonds. The quantitative estimate of drug-likeness (QED) is 0.806. The maximum absolute atomic E-state index is 9.24. The molecule has 0 aliphatic rings. The van der Waals surface area contributed by atoms with Crippen LogP contribution in [0.4, 0.5) is 5.13 Å². The summed E-state index contributed by atoms with van der Waals surface area (Å²) in [5, 5.41) is 21.6. The molecule has 1 aromatic rings. The summed E-state index contributed by atoms with van der Waals surface area (Å²) in [6.45, 7) is 5.98. The number of aromatic nitrogens is 2. The fraction of sp³-hybridized carbons (Fsp3) is 0.727. The first-order chi connectivity index (χ1) is 8.36. The molecular weight excluding hydrogens is 266 g/mol. The first-order valence-electron chi connectivity index (χ1n) is 5.69. The zero-order valence-corrected chi connectivity index (χ0v) is 13.0. The molecule has 18 heavy (non-hydrogen) atoms. The van der Waals surface area contributed by atoms with Gasteiger partial charge in [-0.2, -0.15) is 5.26 Å². The van der Waals surface area contributed by atoms with E-state index < -0.39 is 5.54 Å². The first-order valence-corrected chi connectivity index (χ1v) is 7.49. The summed E-state index contributed by atoms with van der Waals surface area (Å²) in [7, 11) is 3.88. The van der Waals surface area contributed by atoms with Crippen molar-refractivity contribution in [1.29, 1.82) is 5.26 Å². The van der Waals surface area contributed by atoms with Crippen molar-refractivity contribution < 1.29 is 0 Å². The first kappa shape index (κ1) is 15.2. The van der Waals surface area contributed by atoms with E-state index in [1.54, 1.807) is 23.1 Å². The average molecular weight is 285 g/mol. The smallest absolute Gasteiger partial charge is 0.208 e. The minimum atomic E-state index is -0.539. The number of nitriles is 1. The molecule has 0 aliphatic carbocycles. The molecule has 0 spiro atoms. The molecule has 0 saturated carbocycles. The lowest BCUT2D eigenvalue weighted by Gasteiger charge is -2.24. The van der Waals surface area contributed by atoms with Crippen molar-refractivity contribution in [3.63, 3.8) is 0 Å². The second-order valence-electron chi connectivity index (χ2n) is 4.78. The highest BCUT2D eigenvalue weighted by Gasteiger charge is 2.25. The van der Waals surface area contributed by atoms with Crippen LogP contribution in [0, 0.1) is 11.3 Å². The van der Waals surface area contributed by atoms with Gasteiger partial charge in [-0.3, -0.25) is 5.32 Å². The molecule has 0 radical (unpaired) electrons. The minimum Gasteiger partial charge on any atom is -0.353 e. The molecule has 100 valence electrons. The summed E-state index contributed by atoms with van der Waals surface area (Å²) in [5.74, 6) is 0.656. The van der Waals surface area contributed by atoms with Crippen LogP contribution in [0.3, 0.4) is 0 Å². The summed E-state index contributed by atoms with van der Waals surface area (Å²) < 4.78 is 0.894. The molecule has 0 aliphatic heterocycles. The van der Waals surface area contributed by atoms with E-state index in [9.17, 15) is 5.26 Å². The molecule has 1 unspecified atom stereocenters. The van der Waals surface area contributed by atoms with E-state index in [-0.39, 0.29) is 6.04 Å². The van der Waals surface area contributed by atoms with E-state index in [2.05, 4.69) is 21.6 Å². The number of anilines is 1. The van der Waals surface area contributed by atoms with E-state index in [0.29, 0.717) is 5.75 Å². The number of thioether (sulfide) groups is 1. The minimum absolute atomic E-state index is 0.280. The Balaban J connectivity index is 2.60. The van der Waals surface area contributed by atoms with Gasteiger partial charge in [0.15, 0.2) is 4.34 Å². The van der Waals surface area contributed by atoms with Gasteiger partial charge in [-0.15, -0.1) is 10.2 Å². The second kappa shape index (κ2) is 6.36. The number of hydrogen-bond donors (Lipinski definition) is 1. The average Bonchev–Trinajstić information content (AvgIpc) is 2.74. The number of nitrogens with one attached hydrogen (secondary N) is 1. The van der Waals surface area contributed by atoms with Crippen molar-refractivity contribution in [1.82, 2.24) is 15.5 Å². The maximum Gasteiger partial charge on any atom is 0.208 e. The lowest BCUT2D eigenvalue weighted by molar-refractivity contribution is 0.443. The molecule has 0 aromatic carbocycles. The van der Waals surface area contributed by atoms with Crippen LogP contribution in [-0.4, -0.2) is 41.6 Å². The van der Waals surface area contributed by atoms with Gasteiger partial charge in [0, 0.05) is 25.9 Å². The van der Waals surface area contributed by atoms with Gasteiger partial charge in [0.2, 0.25) is 5.13 Å². The monoisotopic (exact) mass is 285 g/mol. The van der Waals surface area contributed by atoms with Crippen LogP contribution in [-0.2, 0) is 0 Å². The molecule has 7 heteroatoms. The Morgan fingerprint density at radius 1 is 1.50 bits per heavy atom. The van der Waals surface area contributed by atoms with Crippen LogP contribution in [0.25, 0.3) is 0 Å². The van der Waals surface area contributed by atoms with Crippen molar-refractivity contribution in [2.24, 2.45) is 0 Å². The largest absolute Gasteiger partial charge is 0.353 e. The van der Waals surface area contributed by atoms with Gasteiger partial charge in [0.05, 0.1) is 6.07 Å². The van der Waals surface area contributed by atoms with E-state index >= 15 is 0 Å². The predicted octanol–water partition coefficient (Wildman–Crippen LogP) is 1.98. The number of rotatable bonds is 6. The van der Waals surface area contributed by atoms with Crippen LogP contribution < -0.4 is 10.2 Å². The van der Waals surface area contributed by atoms with Crippen molar-refractivity contribution in [3.05, 3.63) is 0 Å². The van der Waals surface area contributed by atoms with Gasteiger partial charge in [0.1, 0.15) is 5.54 Å². The highest BCUT2D eigenvalue weighted by Crippen LogP contribution is 2.29. The number of hydrogen-bond acceptors (Lipinski definition) is 7. The Bertz CT molecular complexity index is 423. The van der Waals surface area contributed by atoms with Crippen molar-refractivity contribution in [2.45, 2.75) is 36.7 Å². The zero-order valence-electron chi connectivity index (χ0n) is 11.4. The normalized spacial score (nSPS) is 14.3. The Morgan fingerprint density at radius 3 is 2.61 bits per heavy atom. The van der Waals surface area contributed by atoms with Gasteiger partial charge >= 0.3 is 0 Å². The van der Waals surface area contributed by atoms with Gasteiger partial charge in [-0.05, 0) is 20.8 Å². The Morgan fingerprint density at radius 2 is 2.17 bits per heavy atom. The Labute approximate surface area is 117 Å². The molecule has 1 rings (SSSR count). The van der Waals surface area contributed by atoms with Crippen molar-refractivity contribution in [2.75, 3.05) is 24.7 Å². The third-order valence-electron chi connectivity index (χ3n) is 2.12. The van der Waals surface area contributed by atoms with E-state index in [1.165, 1.54) is 0 Å². The predicted molar refractivity (Wildman–Crippen MR) is 77.2 cm³/mol. The van der Waals surface area contributed by atoms with Crippen molar-refractivity contribution >= 4 is 28.2 Å². The lowest BCUT2D eigenvalue weighted by Crippen LogP contribution is -2.47. The van der Waals surface area contributed by atoms with E-state index in [0.717, 1.165) is 9.47 Å². The summed E-state index contributed by atoms with van der Waals surface area (Å²) >= 11 is 3.11. The van der Waals surface area contributed by atoms with Crippen LogP contribution in [0.1, 0.15) is 20.8 Å². The fourth-order valence-corrected chi connectivity index (χ4v) is 3.19. The van der Waals surface area contributed by atoms with Crippen LogP contribution in [0.2, 0.25) is 0 Å². The third-order valence-corrected chi connectivity index (χ3v) is 4.66. The van der Waals surface area contributed by atoms with E-state index in [1.807, 2.05) is 39.8 Å². The molecule has 5 nitrogen and oxygen atoms in total. The maximum atomic E-state index is 9.24. The highest BCUT2D eigenvalue weighted by atomic mass is 32.2. The zero-order chi connectivity index (χ0) is 13.8. The molecular formula is C11H19N5S2. The topological polar surface area (TPSA) is 64.8 Å². The Kier molecular flexibility index (Phi) is 5.38. The standard InChI is InChI=1S/C11H19N5S2/c1-8(2)13-11(3,6-12)7-17-10-15-14-9(18-10)16(4)5/h8,13H,7H2,1-5H3. The third kappa shape index (κ3) is 4.44. The van der Waals surface area contributed by atoms with Crippen molar-refractivity contribution in [3.8, 4) is 6.07 Å². The fourth-order valence-electron chi connectivity index (χ4n) is 1.39. The Hall–Kier alpha value is -0.840. The van der Waals surface area contributed by atoms with Crippen LogP contribution >= 0.6 is 23.1 Å². The molecule has 1 aromatic heterocycles. The summed E-state index contributed by atoms with van der Waals surface area (Å²) in [4.78, 5) is 1.93. The highest BCUT2D eigenvalue weighted by molar-refractivity contribution is 8.01. The molecule has 1 atom stereocenters. The van der Waals surface area contributed by atoms with Gasteiger partial charge in [-0.25, -0.2) is 0 Å². The molecule has 0 bridgehead atoms. The number of nitrogens with zero attached hydrogens (tertiary/aromatic N) is 4. The van der Waals surface area contributed by atoms with Gasteiger partial charge in [-0.1, -0.05) is 23.1 Å². The van der Waals surface area contributed by atoms with Gasteiger partial charge < -0.3 is 4.90 Å². The molecule has 0 fully saturated rings. The molecule has 1 heterocycles. The second-order valence-corrected chi connectivity index (χ2v) is 6.96. The molecule has 1 N–H and O–H groups in total. The van der Waals surface area contributed by atoms with Gasteiger partial charge in [0.25, 0.3) is 0 Å². The lowest BCUT2D eigenvalue weighted by atomic mass is 10.1. The van der Waals surface area contributed by atoms with E-state index in [4.69, 9.17) is 0 Å². The summed E-state index contributed by atoms with van der Waals surface area (Å²) in [5.41, 5.74) is -0.539.